The number of rotatable bonds is 2. The van der Waals surface area contributed by atoms with E-state index in [9.17, 15) is 0 Å². The summed E-state index contributed by atoms with van der Waals surface area (Å²) in [4.78, 5) is 0. The van der Waals surface area contributed by atoms with E-state index in [4.69, 9.17) is 0 Å². The second-order valence-electron chi connectivity index (χ2n) is 7.32. The summed E-state index contributed by atoms with van der Waals surface area (Å²) >= 11 is 0. The lowest BCUT2D eigenvalue weighted by molar-refractivity contribution is 0.273. The van der Waals surface area contributed by atoms with Crippen LogP contribution in [0.5, 0.6) is 0 Å². The molecule has 1 saturated carbocycles. The van der Waals surface area contributed by atoms with E-state index in [1.807, 2.05) is 0 Å². The molecular weight excluding hydrogens is 276 g/mol. The fraction of sp³-hybridized carbons (Fsp3) is 0.304. The zero-order chi connectivity index (χ0) is 15.3. The average molecular weight is 298 g/mol. The topological polar surface area (TPSA) is 0 Å². The highest BCUT2D eigenvalue weighted by Crippen LogP contribution is 2.63. The minimum atomic E-state index is 0.238. The van der Waals surface area contributed by atoms with Crippen LogP contribution in [0.2, 0.25) is 0 Å². The maximum Gasteiger partial charge on any atom is 0.0130 e. The van der Waals surface area contributed by atoms with Gasteiger partial charge in [-0.1, -0.05) is 84.5 Å². The standard InChI is InChI=1S/C23H22/c1-5-11-20-17(7-1)13-14-22(20)23(19-9-3-4-10-19)16-15-18-8-2-6-12-21(18)23/h1-7,9-14,18-19,22H,8,15-16H2. The molecule has 0 nitrogen and oxygen atoms in total. The summed E-state index contributed by atoms with van der Waals surface area (Å²) in [6, 6.07) is 8.97. The smallest absolute Gasteiger partial charge is 0.0130 e. The van der Waals surface area contributed by atoms with E-state index >= 15 is 0 Å². The Morgan fingerprint density at radius 2 is 1.83 bits per heavy atom. The molecule has 0 heteroatoms. The maximum absolute atomic E-state index is 2.48. The first-order valence-corrected chi connectivity index (χ1v) is 8.89. The van der Waals surface area contributed by atoms with Crippen LogP contribution in [0.15, 0.2) is 78.4 Å². The van der Waals surface area contributed by atoms with Crippen LogP contribution in [0.4, 0.5) is 0 Å². The Morgan fingerprint density at radius 3 is 2.74 bits per heavy atom. The molecule has 0 amide bonds. The third-order valence-corrected chi connectivity index (χ3v) is 6.41. The van der Waals surface area contributed by atoms with E-state index < -0.39 is 0 Å². The summed E-state index contributed by atoms with van der Waals surface area (Å²) in [5, 5.41) is 0. The molecule has 0 aliphatic heterocycles. The summed E-state index contributed by atoms with van der Waals surface area (Å²) in [5.41, 5.74) is 4.88. The van der Waals surface area contributed by atoms with Gasteiger partial charge in [0.25, 0.3) is 0 Å². The first-order chi connectivity index (χ1) is 11.4. The van der Waals surface area contributed by atoms with E-state index in [2.05, 4.69) is 78.9 Å². The van der Waals surface area contributed by atoms with Crippen molar-refractivity contribution in [2.75, 3.05) is 0 Å². The van der Waals surface area contributed by atoms with Crippen molar-refractivity contribution >= 4 is 6.08 Å². The van der Waals surface area contributed by atoms with Crippen molar-refractivity contribution in [2.24, 2.45) is 17.3 Å². The van der Waals surface area contributed by atoms with Crippen LogP contribution in [0.1, 0.15) is 36.3 Å². The highest BCUT2D eigenvalue weighted by Gasteiger charge is 2.53. The van der Waals surface area contributed by atoms with Crippen molar-refractivity contribution in [1.29, 1.82) is 0 Å². The predicted molar refractivity (Wildman–Crippen MR) is 97.0 cm³/mol. The van der Waals surface area contributed by atoms with Gasteiger partial charge in [-0.3, -0.25) is 0 Å². The largest absolute Gasteiger partial charge is 0.0839 e. The van der Waals surface area contributed by atoms with Gasteiger partial charge in [-0.15, -0.1) is 0 Å². The third-order valence-electron chi connectivity index (χ3n) is 6.41. The van der Waals surface area contributed by atoms with Gasteiger partial charge >= 0.3 is 0 Å². The molecule has 0 N–H and O–H groups in total. The summed E-state index contributed by atoms with van der Waals surface area (Å²) < 4.78 is 0. The zero-order valence-corrected chi connectivity index (χ0v) is 13.4. The molecule has 4 aliphatic rings. The van der Waals surface area contributed by atoms with E-state index in [0.29, 0.717) is 11.8 Å². The Hall–Kier alpha value is -2.08. The molecule has 23 heavy (non-hydrogen) atoms. The summed E-state index contributed by atoms with van der Waals surface area (Å²) in [6.07, 6.45) is 25.1. The Morgan fingerprint density at radius 1 is 0.957 bits per heavy atom. The van der Waals surface area contributed by atoms with Crippen molar-refractivity contribution in [1.82, 2.24) is 0 Å². The van der Waals surface area contributed by atoms with Crippen molar-refractivity contribution in [3.8, 4) is 0 Å². The average Bonchev–Trinajstić information content (AvgIpc) is 3.33. The van der Waals surface area contributed by atoms with Crippen LogP contribution >= 0.6 is 0 Å². The van der Waals surface area contributed by atoms with E-state index in [1.165, 1.54) is 30.4 Å². The second kappa shape index (κ2) is 4.96. The van der Waals surface area contributed by atoms with Gasteiger partial charge in [0.2, 0.25) is 0 Å². The lowest BCUT2D eigenvalue weighted by Gasteiger charge is -2.42. The van der Waals surface area contributed by atoms with Crippen molar-refractivity contribution < 1.29 is 0 Å². The fourth-order valence-electron chi connectivity index (χ4n) is 5.42. The Labute approximate surface area is 138 Å². The van der Waals surface area contributed by atoms with Crippen LogP contribution < -0.4 is 0 Å². The molecule has 1 aromatic rings. The van der Waals surface area contributed by atoms with Crippen LogP contribution in [0.25, 0.3) is 6.08 Å². The number of fused-ring (bicyclic) bond motifs is 2. The van der Waals surface area contributed by atoms with Crippen LogP contribution in [0.3, 0.4) is 0 Å². The molecule has 4 aliphatic carbocycles. The molecule has 1 aromatic carbocycles. The minimum absolute atomic E-state index is 0.238. The van der Waals surface area contributed by atoms with E-state index in [-0.39, 0.29) is 5.41 Å². The molecule has 0 bridgehead atoms. The summed E-state index contributed by atoms with van der Waals surface area (Å²) in [6.45, 7) is 0. The number of allylic oxidation sites excluding steroid dienone is 9. The molecule has 3 atom stereocenters. The normalized spacial score (nSPS) is 34.0. The van der Waals surface area contributed by atoms with Gasteiger partial charge in [-0.2, -0.15) is 0 Å². The van der Waals surface area contributed by atoms with E-state index in [1.54, 1.807) is 5.57 Å². The van der Waals surface area contributed by atoms with Crippen molar-refractivity contribution in [3.63, 3.8) is 0 Å². The number of benzene rings is 1. The molecule has 3 unspecified atom stereocenters. The number of hydrogen-bond acceptors (Lipinski definition) is 0. The van der Waals surface area contributed by atoms with Gasteiger partial charge < -0.3 is 0 Å². The molecule has 0 spiro atoms. The van der Waals surface area contributed by atoms with Crippen LogP contribution in [-0.2, 0) is 0 Å². The molecule has 0 saturated heterocycles. The van der Waals surface area contributed by atoms with Gasteiger partial charge in [0, 0.05) is 17.3 Å². The maximum atomic E-state index is 2.48. The van der Waals surface area contributed by atoms with Gasteiger partial charge in [-0.25, -0.2) is 0 Å². The molecule has 1 fully saturated rings. The SMILES string of the molecule is C1=CCC2CCC(C3C=CC=C3)(C3C=Cc4ccccc43)C2=C1. The van der Waals surface area contributed by atoms with Gasteiger partial charge in [0.15, 0.2) is 0 Å². The monoisotopic (exact) mass is 298 g/mol. The highest BCUT2D eigenvalue weighted by molar-refractivity contribution is 5.64. The lowest BCUT2D eigenvalue weighted by atomic mass is 9.60. The number of hydrogen-bond donors (Lipinski definition) is 0. The quantitative estimate of drug-likeness (QED) is 0.645. The van der Waals surface area contributed by atoms with Crippen molar-refractivity contribution in [2.45, 2.75) is 25.2 Å². The van der Waals surface area contributed by atoms with Gasteiger partial charge in [0.1, 0.15) is 0 Å². The molecule has 0 heterocycles. The minimum Gasteiger partial charge on any atom is -0.0839 e. The molecular formula is C23H22. The molecule has 114 valence electrons. The highest BCUT2D eigenvalue weighted by atomic mass is 14.6. The molecule has 0 radical (unpaired) electrons. The van der Waals surface area contributed by atoms with E-state index in [0.717, 1.165) is 5.92 Å². The summed E-state index contributed by atoms with van der Waals surface area (Å²) in [7, 11) is 0. The summed E-state index contributed by atoms with van der Waals surface area (Å²) in [5.74, 6) is 1.80. The first-order valence-electron chi connectivity index (χ1n) is 8.89. The second-order valence-corrected chi connectivity index (χ2v) is 7.32. The Balaban J connectivity index is 1.70. The van der Waals surface area contributed by atoms with Crippen LogP contribution in [0, 0.1) is 17.3 Å². The predicted octanol–water partition coefficient (Wildman–Crippen LogP) is 5.82. The molecule has 0 aromatic heterocycles. The Kier molecular flexibility index (Phi) is 2.88. The van der Waals surface area contributed by atoms with Crippen molar-refractivity contribution in [3.05, 3.63) is 89.6 Å². The Bertz CT molecular complexity index is 774. The fourth-order valence-corrected chi connectivity index (χ4v) is 5.42. The first kappa shape index (κ1) is 13.4. The lowest BCUT2D eigenvalue weighted by Crippen LogP contribution is -2.34. The van der Waals surface area contributed by atoms with Gasteiger partial charge in [-0.05, 0) is 36.3 Å². The van der Waals surface area contributed by atoms with Gasteiger partial charge in [0.05, 0.1) is 0 Å². The zero-order valence-electron chi connectivity index (χ0n) is 13.4. The third kappa shape index (κ3) is 1.78. The van der Waals surface area contributed by atoms with Crippen LogP contribution in [-0.4, -0.2) is 0 Å². The molecule has 5 rings (SSSR count).